The van der Waals surface area contributed by atoms with E-state index in [1.54, 1.807) is 0 Å². The Labute approximate surface area is 96.0 Å². The summed E-state index contributed by atoms with van der Waals surface area (Å²) in [4.78, 5) is 0. The highest BCUT2D eigenvalue weighted by molar-refractivity contribution is 7.91. The number of sulfonamides is 1. The number of rotatable bonds is 4. The Bertz CT molecular complexity index is 413. The van der Waals surface area contributed by atoms with Gasteiger partial charge in [-0.05, 0) is 19.8 Å². The number of nitrogens with one attached hydrogen (secondary N) is 1. The third kappa shape index (κ3) is 3.69. The Hall–Kier alpha value is -0.180. The smallest absolute Gasteiger partial charge is 0.216 e. The van der Waals surface area contributed by atoms with E-state index in [1.165, 1.54) is 6.92 Å². The van der Waals surface area contributed by atoms with E-state index in [1.807, 2.05) is 0 Å². The maximum atomic E-state index is 11.6. The van der Waals surface area contributed by atoms with Crippen molar-refractivity contribution < 1.29 is 21.9 Å². The molecule has 1 atom stereocenters. The topological polar surface area (TPSA) is 101 Å². The van der Waals surface area contributed by atoms with Crippen LogP contribution in [0.4, 0.5) is 0 Å². The van der Waals surface area contributed by atoms with Crippen molar-refractivity contribution in [3.8, 4) is 0 Å². The van der Waals surface area contributed by atoms with Crippen molar-refractivity contribution in [3.05, 3.63) is 0 Å². The van der Waals surface area contributed by atoms with Crippen LogP contribution in [0, 0.1) is 0 Å². The molecule has 0 radical (unpaired) electrons. The monoisotopic (exact) mass is 271 g/mol. The Balaban J connectivity index is 2.58. The van der Waals surface area contributed by atoms with Crippen molar-refractivity contribution in [2.75, 3.05) is 18.1 Å². The van der Waals surface area contributed by atoms with Crippen molar-refractivity contribution in [1.82, 2.24) is 4.72 Å². The van der Waals surface area contributed by atoms with Crippen molar-refractivity contribution in [3.63, 3.8) is 0 Å². The van der Waals surface area contributed by atoms with E-state index in [2.05, 4.69) is 4.72 Å². The highest BCUT2D eigenvalue weighted by Gasteiger charge is 2.29. The first-order valence-electron chi connectivity index (χ1n) is 5.09. The lowest BCUT2D eigenvalue weighted by molar-refractivity contribution is 0.294. The largest absolute Gasteiger partial charge is 0.395 e. The predicted molar refractivity (Wildman–Crippen MR) is 60.3 cm³/mol. The second kappa shape index (κ2) is 4.99. The molecule has 6 nitrogen and oxygen atoms in total. The van der Waals surface area contributed by atoms with Gasteiger partial charge in [0.15, 0.2) is 0 Å². The van der Waals surface area contributed by atoms with E-state index in [0.29, 0.717) is 12.8 Å². The van der Waals surface area contributed by atoms with Gasteiger partial charge in [0, 0.05) is 6.04 Å². The van der Waals surface area contributed by atoms with Crippen molar-refractivity contribution in [2.24, 2.45) is 0 Å². The second-order valence-corrected chi connectivity index (χ2v) is 8.52. The molecule has 0 aromatic carbocycles. The van der Waals surface area contributed by atoms with Crippen LogP contribution in [0.25, 0.3) is 0 Å². The normalized spacial score (nSPS) is 24.1. The van der Waals surface area contributed by atoms with E-state index < -0.39 is 31.7 Å². The van der Waals surface area contributed by atoms with Crippen LogP contribution in [0.15, 0.2) is 0 Å². The third-order valence-corrected chi connectivity index (χ3v) is 6.26. The number of hydrogen-bond donors (Lipinski definition) is 2. The summed E-state index contributed by atoms with van der Waals surface area (Å²) >= 11 is 0. The molecule has 1 heterocycles. The Morgan fingerprint density at radius 3 is 2.31 bits per heavy atom. The Kier molecular flexibility index (Phi) is 4.33. The zero-order valence-corrected chi connectivity index (χ0v) is 10.7. The van der Waals surface area contributed by atoms with E-state index in [-0.39, 0.29) is 17.5 Å². The van der Waals surface area contributed by atoms with Crippen LogP contribution in [-0.4, -0.2) is 51.3 Å². The van der Waals surface area contributed by atoms with Crippen molar-refractivity contribution in [2.45, 2.75) is 31.1 Å². The number of hydrogen-bond acceptors (Lipinski definition) is 5. The lowest BCUT2D eigenvalue weighted by Crippen LogP contribution is -2.44. The Morgan fingerprint density at radius 1 is 1.38 bits per heavy atom. The summed E-state index contributed by atoms with van der Waals surface area (Å²) in [6.07, 6.45) is 0.611. The van der Waals surface area contributed by atoms with Gasteiger partial charge >= 0.3 is 0 Å². The van der Waals surface area contributed by atoms with Gasteiger partial charge in [-0.2, -0.15) is 0 Å². The Morgan fingerprint density at radius 2 is 1.88 bits per heavy atom. The van der Waals surface area contributed by atoms with Crippen LogP contribution in [0.2, 0.25) is 0 Å². The van der Waals surface area contributed by atoms with Gasteiger partial charge in [0.05, 0.1) is 23.4 Å². The first kappa shape index (κ1) is 13.9. The summed E-state index contributed by atoms with van der Waals surface area (Å²) in [6.45, 7) is 0.961. The molecule has 0 bridgehead atoms. The molecule has 1 aliphatic heterocycles. The minimum Gasteiger partial charge on any atom is -0.395 e. The van der Waals surface area contributed by atoms with Crippen LogP contribution in [0.1, 0.15) is 19.8 Å². The molecule has 1 rings (SSSR count). The zero-order chi connectivity index (χ0) is 12.4. The van der Waals surface area contributed by atoms with Crippen molar-refractivity contribution in [1.29, 1.82) is 0 Å². The third-order valence-electron chi connectivity index (χ3n) is 2.67. The fourth-order valence-electron chi connectivity index (χ4n) is 1.45. The quantitative estimate of drug-likeness (QED) is 0.673. The molecule has 0 amide bonds. The van der Waals surface area contributed by atoms with Gasteiger partial charge in [-0.1, -0.05) is 0 Å². The van der Waals surface area contributed by atoms with Gasteiger partial charge in [0.2, 0.25) is 10.0 Å². The molecule has 1 aliphatic rings. The fraction of sp³-hybridized carbons (Fsp3) is 1.00. The molecule has 16 heavy (non-hydrogen) atoms. The van der Waals surface area contributed by atoms with Crippen LogP contribution >= 0.6 is 0 Å². The van der Waals surface area contributed by atoms with Gasteiger partial charge in [-0.3, -0.25) is 0 Å². The fourth-order valence-corrected chi connectivity index (χ4v) is 4.07. The van der Waals surface area contributed by atoms with Gasteiger partial charge < -0.3 is 5.11 Å². The molecule has 0 aromatic heterocycles. The maximum absolute atomic E-state index is 11.6. The van der Waals surface area contributed by atoms with E-state index in [4.69, 9.17) is 5.11 Å². The van der Waals surface area contributed by atoms with E-state index in [0.717, 1.165) is 0 Å². The molecule has 0 saturated carbocycles. The molecule has 1 fully saturated rings. The molecule has 96 valence electrons. The minimum absolute atomic E-state index is 0.0215. The molecule has 2 N–H and O–H groups in total. The lowest BCUT2D eigenvalue weighted by atomic mass is 10.2. The van der Waals surface area contributed by atoms with Crippen molar-refractivity contribution >= 4 is 19.9 Å². The SMILES string of the molecule is CC(CO)S(=O)(=O)NC1CCS(=O)(=O)CC1. The van der Waals surface area contributed by atoms with Gasteiger partial charge in [-0.15, -0.1) is 0 Å². The summed E-state index contributed by atoms with van der Waals surface area (Å²) in [5, 5.41) is 7.90. The first-order valence-corrected chi connectivity index (χ1v) is 8.46. The molecule has 0 aliphatic carbocycles. The standard InChI is InChI=1S/C8H17NO5S2/c1-7(6-10)16(13,14)9-8-2-4-15(11,12)5-3-8/h7-10H,2-6H2,1H3. The summed E-state index contributed by atoms with van der Waals surface area (Å²) in [7, 11) is -6.52. The summed E-state index contributed by atoms with van der Waals surface area (Å²) in [6, 6.07) is -0.331. The maximum Gasteiger partial charge on any atom is 0.216 e. The molecule has 0 aromatic rings. The zero-order valence-electron chi connectivity index (χ0n) is 9.09. The summed E-state index contributed by atoms with van der Waals surface area (Å²) in [5.74, 6) is 0.0430. The highest BCUT2D eigenvalue weighted by atomic mass is 32.2. The predicted octanol–water partition coefficient (Wildman–Crippen LogP) is -1.14. The lowest BCUT2D eigenvalue weighted by Gasteiger charge is -2.24. The highest BCUT2D eigenvalue weighted by Crippen LogP contribution is 2.14. The van der Waals surface area contributed by atoms with Crippen LogP contribution in [0.3, 0.4) is 0 Å². The number of aliphatic hydroxyl groups excluding tert-OH is 1. The van der Waals surface area contributed by atoms with E-state index >= 15 is 0 Å². The first-order chi connectivity index (χ1) is 7.27. The van der Waals surface area contributed by atoms with Gasteiger partial charge in [-0.25, -0.2) is 21.6 Å². The molecular formula is C8H17NO5S2. The molecule has 0 spiro atoms. The van der Waals surface area contributed by atoms with Crippen LogP contribution in [-0.2, 0) is 19.9 Å². The van der Waals surface area contributed by atoms with Crippen LogP contribution < -0.4 is 4.72 Å². The summed E-state index contributed by atoms with van der Waals surface area (Å²) < 4.78 is 47.8. The molecular weight excluding hydrogens is 254 g/mol. The number of sulfone groups is 1. The molecule has 8 heteroatoms. The average Bonchev–Trinajstić information content (AvgIpc) is 2.20. The van der Waals surface area contributed by atoms with Gasteiger partial charge in [0.1, 0.15) is 9.84 Å². The van der Waals surface area contributed by atoms with Gasteiger partial charge in [0.25, 0.3) is 0 Å². The second-order valence-electron chi connectivity index (χ2n) is 4.08. The molecule has 1 saturated heterocycles. The average molecular weight is 271 g/mol. The summed E-state index contributed by atoms with van der Waals surface area (Å²) in [5.41, 5.74) is 0. The van der Waals surface area contributed by atoms with Crippen LogP contribution in [0.5, 0.6) is 0 Å². The van der Waals surface area contributed by atoms with E-state index in [9.17, 15) is 16.8 Å². The minimum atomic E-state index is -3.54. The molecule has 1 unspecified atom stereocenters. The number of aliphatic hydroxyl groups is 1.